The number of hydrogen-bond donors (Lipinski definition) is 2. The fraction of sp³-hybridized carbons (Fsp3) is 0.786. The van der Waals surface area contributed by atoms with E-state index in [2.05, 4.69) is 20.3 Å². The van der Waals surface area contributed by atoms with Crippen LogP contribution in [0.1, 0.15) is 24.5 Å². The van der Waals surface area contributed by atoms with Gasteiger partial charge < -0.3 is 15.3 Å². The third kappa shape index (κ3) is 4.25. The van der Waals surface area contributed by atoms with Crippen LogP contribution in [-0.4, -0.2) is 63.5 Å². The standard InChI is InChI=1S/C14H25N5O2/c1-10-16-11(2)19(17-10)7-4-6-15-14(21)12-9-18(3)8-5-13(12)20/h12-13,20H,4-9H2,1-3H3,(H,15,21)/t12-,13-/m1/s1. The van der Waals surface area contributed by atoms with Crippen LogP contribution in [0.3, 0.4) is 0 Å². The van der Waals surface area contributed by atoms with Crippen molar-refractivity contribution in [2.24, 2.45) is 5.92 Å². The Kier molecular flexibility index (Phi) is 5.30. The molecule has 1 amide bonds. The lowest BCUT2D eigenvalue weighted by Gasteiger charge is -2.32. The summed E-state index contributed by atoms with van der Waals surface area (Å²) in [4.78, 5) is 18.4. The highest BCUT2D eigenvalue weighted by atomic mass is 16.3. The van der Waals surface area contributed by atoms with Gasteiger partial charge >= 0.3 is 0 Å². The summed E-state index contributed by atoms with van der Waals surface area (Å²) in [6.07, 6.45) is 0.932. The van der Waals surface area contributed by atoms with Gasteiger partial charge in [0.05, 0.1) is 12.0 Å². The summed E-state index contributed by atoms with van der Waals surface area (Å²) >= 11 is 0. The molecule has 118 valence electrons. The van der Waals surface area contributed by atoms with Gasteiger partial charge in [0.2, 0.25) is 5.91 Å². The van der Waals surface area contributed by atoms with Crippen LogP contribution in [0, 0.1) is 19.8 Å². The monoisotopic (exact) mass is 295 g/mol. The predicted octanol–water partition coefficient (Wildman–Crippen LogP) is -0.286. The van der Waals surface area contributed by atoms with Crippen molar-refractivity contribution < 1.29 is 9.90 Å². The van der Waals surface area contributed by atoms with Gasteiger partial charge in [-0.3, -0.25) is 9.48 Å². The summed E-state index contributed by atoms with van der Waals surface area (Å²) in [6.45, 7) is 6.58. The van der Waals surface area contributed by atoms with Crippen molar-refractivity contribution in [3.8, 4) is 0 Å². The minimum atomic E-state index is -0.526. The Balaban J connectivity index is 1.73. The number of aryl methyl sites for hydroxylation is 3. The third-order valence-corrected chi connectivity index (χ3v) is 3.92. The first-order valence-corrected chi connectivity index (χ1v) is 7.49. The summed E-state index contributed by atoms with van der Waals surface area (Å²) in [5, 5.41) is 17.1. The molecular formula is C14H25N5O2. The minimum absolute atomic E-state index is 0.0551. The highest BCUT2D eigenvalue weighted by Gasteiger charge is 2.31. The van der Waals surface area contributed by atoms with E-state index in [0.29, 0.717) is 19.5 Å². The maximum Gasteiger partial charge on any atom is 0.227 e. The molecule has 0 aromatic carbocycles. The average Bonchev–Trinajstić information content (AvgIpc) is 2.75. The van der Waals surface area contributed by atoms with Crippen LogP contribution in [0.2, 0.25) is 0 Å². The zero-order valence-electron chi connectivity index (χ0n) is 13.0. The topological polar surface area (TPSA) is 83.3 Å². The molecule has 0 unspecified atom stereocenters. The number of amides is 1. The number of aliphatic hydroxyl groups excluding tert-OH is 1. The number of aromatic nitrogens is 3. The second-order valence-corrected chi connectivity index (χ2v) is 5.80. The van der Waals surface area contributed by atoms with Gasteiger partial charge in [0.15, 0.2) is 0 Å². The van der Waals surface area contributed by atoms with E-state index < -0.39 is 6.10 Å². The number of likely N-dealkylation sites (tertiary alicyclic amines) is 1. The maximum atomic E-state index is 12.1. The van der Waals surface area contributed by atoms with E-state index in [0.717, 1.165) is 31.2 Å². The van der Waals surface area contributed by atoms with Crippen molar-refractivity contribution in [2.75, 3.05) is 26.7 Å². The molecule has 2 atom stereocenters. The summed E-state index contributed by atoms with van der Waals surface area (Å²) in [7, 11) is 1.97. The molecule has 0 aliphatic carbocycles. The van der Waals surface area contributed by atoms with Crippen LogP contribution in [-0.2, 0) is 11.3 Å². The van der Waals surface area contributed by atoms with E-state index >= 15 is 0 Å². The Hall–Kier alpha value is -1.47. The SMILES string of the molecule is Cc1nc(C)n(CCCNC(=O)[C@@H]2CN(C)CC[C@H]2O)n1. The van der Waals surface area contributed by atoms with Gasteiger partial charge in [-0.15, -0.1) is 0 Å². The van der Waals surface area contributed by atoms with E-state index in [4.69, 9.17) is 0 Å². The van der Waals surface area contributed by atoms with E-state index in [1.807, 2.05) is 25.6 Å². The van der Waals surface area contributed by atoms with E-state index in [1.54, 1.807) is 0 Å². The number of aliphatic hydroxyl groups is 1. The lowest BCUT2D eigenvalue weighted by atomic mass is 9.94. The van der Waals surface area contributed by atoms with Crippen molar-refractivity contribution >= 4 is 5.91 Å². The Morgan fingerprint density at radius 2 is 2.24 bits per heavy atom. The normalized spacial score (nSPS) is 23.2. The number of rotatable bonds is 5. The van der Waals surface area contributed by atoms with Gasteiger partial charge in [-0.2, -0.15) is 5.10 Å². The van der Waals surface area contributed by atoms with Crippen LogP contribution in [0.15, 0.2) is 0 Å². The molecule has 1 aromatic heterocycles. The lowest BCUT2D eigenvalue weighted by molar-refractivity contribution is -0.131. The lowest BCUT2D eigenvalue weighted by Crippen LogP contribution is -2.48. The number of carbonyl (C=O) groups excluding carboxylic acids is 1. The van der Waals surface area contributed by atoms with Gasteiger partial charge in [-0.05, 0) is 33.7 Å². The average molecular weight is 295 g/mol. The molecule has 7 nitrogen and oxygen atoms in total. The van der Waals surface area contributed by atoms with Crippen LogP contribution in [0.25, 0.3) is 0 Å². The van der Waals surface area contributed by atoms with Crippen molar-refractivity contribution in [3.05, 3.63) is 11.6 Å². The highest BCUT2D eigenvalue weighted by molar-refractivity contribution is 5.79. The molecular weight excluding hydrogens is 270 g/mol. The fourth-order valence-electron chi connectivity index (χ4n) is 2.70. The van der Waals surface area contributed by atoms with Gasteiger partial charge in [0, 0.05) is 26.2 Å². The predicted molar refractivity (Wildman–Crippen MR) is 78.7 cm³/mol. The van der Waals surface area contributed by atoms with Crippen molar-refractivity contribution in [1.82, 2.24) is 25.0 Å². The Labute approximate surface area is 125 Å². The molecule has 0 saturated carbocycles. The largest absolute Gasteiger partial charge is 0.392 e. The smallest absolute Gasteiger partial charge is 0.227 e. The highest BCUT2D eigenvalue weighted by Crippen LogP contribution is 2.16. The Morgan fingerprint density at radius 3 is 2.90 bits per heavy atom. The first-order chi connectivity index (χ1) is 9.97. The molecule has 0 radical (unpaired) electrons. The summed E-state index contributed by atoms with van der Waals surface area (Å²) < 4.78 is 1.85. The van der Waals surface area contributed by atoms with Gasteiger partial charge in [0.1, 0.15) is 11.6 Å². The molecule has 0 spiro atoms. The molecule has 1 aliphatic heterocycles. The Bertz CT molecular complexity index is 488. The summed E-state index contributed by atoms with van der Waals surface area (Å²) in [6, 6.07) is 0. The van der Waals surface area contributed by atoms with Crippen LogP contribution >= 0.6 is 0 Å². The van der Waals surface area contributed by atoms with E-state index in [-0.39, 0.29) is 11.8 Å². The molecule has 1 saturated heterocycles. The number of nitrogens with zero attached hydrogens (tertiary/aromatic N) is 4. The number of carbonyl (C=O) groups is 1. The summed E-state index contributed by atoms with van der Waals surface area (Å²) in [5.74, 6) is 1.28. The van der Waals surface area contributed by atoms with E-state index in [9.17, 15) is 9.90 Å². The molecule has 7 heteroatoms. The van der Waals surface area contributed by atoms with Gasteiger partial charge in [0.25, 0.3) is 0 Å². The summed E-state index contributed by atoms with van der Waals surface area (Å²) in [5.41, 5.74) is 0. The van der Waals surface area contributed by atoms with Gasteiger partial charge in [-0.1, -0.05) is 0 Å². The zero-order valence-corrected chi connectivity index (χ0v) is 13.0. The maximum absolute atomic E-state index is 12.1. The van der Waals surface area contributed by atoms with Crippen LogP contribution in [0.5, 0.6) is 0 Å². The molecule has 21 heavy (non-hydrogen) atoms. The van der Waals surface area contributed by atoms with Crippen molar-refractivity contribution in [2.45, 2.75) is 39.3 Å². The zero-order chi connectivity index (χ0) is 15.4. The van der Waals surface area contributed by atoms with Gasteiger partial charge in [-0.25, -0.2) is 4.98 Å². The van der Waals surface area contributed by atoms with E-state index in [1.165, 1.54) is 0 Å². The molecule has 0 bridgehead atoms. The second kappa shape index (κ2) is 7.00. The molecule has 1 aromatic rings. The van der Waals surface area contributed by atoms with Crippen LogP contribution < -0.4 is 5.32 Å². The molecule has 2 N–H and O–H groups in total. The molecule has 2 rings (SSSR count). The van der Waals surface area contributed by atoms with Crippen LogP contribution in [0.4, 0.5) is 0 Å². The number of nitrogens with one attached hydrogen (secondary N) is 1. The minimum Gasteiger partial charge on any atom is -0.392 e. The number of hydrogen-bond acceptors (Lipinski definition) is 5. The molecule has 2 heterocycles. The quantitative estimate of drug-likeness (QED) is 0.730. The van der Waals surface area contributed by atoms with Crippen molar-refractivity contribution in [3.63, 3.8) is 0 Å². The fourth-order valence-corrected chi connectivity index (χ4v) is 2.70. The third-order valence-electron chi connectivity index (χ3n) is 3.92. The molecule has 1 fully saturated rings. The molecule has 1 aliphatic rings. The first kappa shape index (κ1) is 15.9. The number of piperidine rings is 1. The second-order valence-electron chi connectivity index (χ2n) is 5.80. The van der Waals surface area contributed by atoms with Crippen molar-refractivity contribution in [1.29, 1.82) is 0 Å². The Morgan fingerprint density at radius 1 is 1.48 bits per heavy atom. The first-order valence-electron chi connectivity index (χ1n) is 7.49.